The van der Waals surface area contributed by atoms with Crippen LogP contribution in [0.2, 0.25) is 0 Å². The minimum absolute atomic E-state index is 0.197. The normalized spacial score (nSPS) is 11.4. The number of likely N-dealkylation sites (N-methyl/N-ethyl adjacent to an activating group) is 2. The third-order valence-electron chi connectivity index (χ3n) is 7.48. The molecular weight excluding hydrogens is 650 g/mol. The van der Waals surface area contributed by atoms with Crippen molar-refractivity contribution in [1.82, 2.24) is 10.6 Å². The molecule has 0 unspecified atom stereocenters. The lowest BCUT2D eigenvalue weighted by Crippen LogP contribution is -2.29. The van der Waals surface area contributed by atoms with Crippen molar-refractivity contribution in [2.45, 2.75) is 34.0 Å². The number of carbonyl (C=O) groups is 2. The number of nitrogens with zero attached hydrogens (tertiary/aromatic N) is 3. The molecule has 0 aliphatic rings. The lowest BCUT2D eigenvalue weighted by atomic mass is 10.0. The Labute approximate surface area is 299 Å². The molecule has 12 heteroatoms. The number of nitrogens with one attached hydrogen (secondary N) is 2. The number of ether oxygens (including phenoxy) is 2. The number of rotatable bonds is 14. The van der Waals surface area contributed by atoms with E-state index >= 15 is 0 Å². The zero-order valence-corrected chi connectivity index (χ0v) is 30.3. The van der Waals surface area contributed by atoms with E-state index < -0.39 is 0 Å². The van der Waals surface area contributed by atoms with Gasteiger partial charge < -0.3 is 34.6 Å². The van der Waals surface area contributed by atoms with Gasteiger partial charge in [-0.1, -0.05) is 82.2 Å². The number of hydrogen-bond acceptors (Lipinski definition) is 10. The lowest BCUT2D eigenvalue weighted by molar-refractivity contribution is -0.115. The van der Waals surface area contributed by atoms with Crippen LogP contribution in [0.25, 0.3) is 0 Å². The van der Waals surface area contributed by atoms with Gasteiger partial charge in [0, 0.05) is 25.2 Å². The van der Waals surface area contributed by atoms with Gasteiger partial charge in [0.2, 0.25) is 0 Å². The molecule has 4 rings (SSSR count). The van der Waals surface area contributed by atoms with Crippen LogP contribution in [0.5, 0.6) is 11.5 Å². The summed E-state index contributed by atoms with van der Waals surface area (Å²) in [5, 5.41) is 16.8. The molecule has 0 saturated heterocycles. The van der Waals surface area contributed by atoms with E-state index in [1.807, 2.05) is 112 Å². The molecule has 0 saturated carbocycles. The fourth-order valence-electron chi connectivity index (χ4n) is 4.86. The second-order valence-electron chi connectivity index (χ2n) is 10.9. The number of oxime groups is 3. The van der Waals surface area contributed by atoms with Crippen LogP contribution in [0.3, 0.4) is 0 Å². The Bertz CT molecular complexity index is 1870. The zero-order valence-electron chi connectivity index (χ0n) is 30.3. The van der Waals surface area contributed by atoms with E-state index in [1.165, 1.54) is 21.3 Å². The summed E-state index contributed by atoms with van der Waals surface area (Å²) >= 11 is 0. The molecule has 4 aromatic rings. The van der Waals surface area contributed by atoms with Gasteiger partial charge in [-0.2, -0.15) is 0 Å². The molecule has 0 radical (unpaired) electrons. The first-order valence-electron chi connectivity index (χ1n) is 16.0. The van der Waals surface area contributed by atoms with E-state index in [2.05, 4.69) is 26.1 Å². The van der Waals surface area contributed by atoms with Crippen LogP contribution in [-0.4, -0.2) is 64.4 Å². The Kier molecular flexibility index (Phi) is 15.7. The van der Waals surface area contributed by atoms with E-state index in [0.29, 0.717) is 17.7 Å². The Morgan fingerprint density at radius 2 is 1.04 bits per heavy atom. The predicted molar refractivity (Wildman–Crippen MR) is 198 cm³/mol. The molecular formula is C39H45N5O7. The molecule has 0 atom stereocenters. The average molecular weight is 696 g/mol. The maximum Gasteiger partial charge on any atom is 0.273 e. The summed E-state index contributed by atoms with van der Waals surface area (Å²) in [6.45, 7) is 6.45. The van der Waals surface area contributed by atoms with Gasteiger partial charge in [-0.25, -0.2) is 0 Å². The Morgan fingerprint density at radius 3 is 1.49 bits per heavy atom. The van der Waals surface area contributed by atoms with E-state index in [-0.39, 0.29) is 29.8 Å². The number of amides is 2. The summed E-state index contributed by atoms with van der Waals surface area (Å²) in [4.78, 5) is 38.6. The molecule has 0 spiro atoms. The van der Waals surface area contributed by atoms with Crippen molar-refractivity contribution in [1.29, 1.82) is 0 Å². The first-order valence-corrected chi connectivity index (χ1v) is 16.0. The standard InChI is InChI=1S/C21H25N3O4.C18H20N2O3/c1-14-12-16(15(2)23-26-4)10-11-19(14)28-13-17-8-6-7-9-18(17)20(24-27-5)21(25)22-3;1-13-8-4-7-11-16(13)23-12-14-9-5-6-10-15(14)17(20-22-3)18(21)19-2/h6-12H,13H2,1-5H3,(H,22,25);4-11H,12H2,1-3H3,(H,19,21)/b23-15+,24-20+;20-17+. The third-order valence-corrected chi connectivity index (χ3v) is 7.48. The summed E-state index contributed by atoms with van der Waals surface area (Å²) in [5.74, 6) is 0.916. The molecule has 0 aromatic heterocycles. The number of benzene rings is 4. The van der Waals surface area contributed by atoms with Crippen LogP contribution in [-0.2, 0) is 37.3 Å². The highest BCUT2D eigenvalue weighted by atomic mass is 16.6. The van der Waals surface area contributed by atoms with Crippen molar-refractivity contribution in [2.24, 2.45) is 15.5 Å². The van der Waals surface area contributed by atoms with Gasteiger partial charge in [-0.05, 0) is 72.9 Å². The highest BCUT2D eigenvalue weighted by Crippen LogP contribution is 2.23. The van der Waals surface area contributed by atoms with Gasteiger partial charge in [0.25, 0.3) is 11.8 Å². The van der Waals surface area contributed by atoms with Crippen molar-refractivity contribution in [3.63, 3.8) is 0 Å². The first-order chi connectivity index (χ1) is 24.7. The number of aryl methyl sites for hydroxylation is 2. The summed E-state index contributed by atoms with van der Waals surface area (Å²) in [5.41, 5.74) is 7.21. The van der Waals surface area contributed by atoms with Crippen LogP contribution in [0.1, 0.15) is 45.9 Å². The number of carbonyl (C=O) groups excluding carboxylic acids is 2. The SMILES string of the molecule is CNC(=O)/C(=N/OC)c1ccccc1COc1ccc(/C(C)=N/OC)cc1C.CNC(=O)/C(=N/OC)c1ccccc1COc1ccccc1C. The van der Waals surface area contributed by atoms with Crippen LogP contribution in [0.4, 0.5) is 0 Å². The summed E-state index contributed by atoms with van der Waals surface area (Å²) in [6.07, 6.45) is 0. The average Bonchev–Trinajstić information content (AvgIpc) is 3.15. The minimum atomic E-state index is -0.331. The highest BCUT2D eigenvalue weighted by Gasteiger charge is 2.19. The van der Waals surface area contributed by atoms with E-state index in [4.69, 9.17) is 24.0 Å². The van der Waals surface area contributed by atoms with Gasteiger partial charge in [-0.15, -0.1) is 0 Å². The summed E-state index contributed by atoms with van der Waals surface area (Å²) < 4.78 is 11.9. The predicted octanol–water partition coefficient (Wildman–Crippen LogP) is 5.71. The highest BCUT2D eigenvalue weighted by molar-refractivity contribution is 6.46. The largest absolute Gasteiger partial charge is 0.489 e. The second kappa shape index (κ2) is 20.4. The van der Waals surface area contributed by atoms with Crippen LogP contribution < -0.4 is 20.1 Å². The minimum Gasteiger partial charge on any atom is -0.489 e. The van der Waals surface area contributed by atoms with Gasteiger partial charge in [0.05, 0.1) is 5.71 Å². The lowest BCUT2D eigenvalue weighted by Gasteiger charge is -2.14. The van der Waals surface area contributed by atoms with Crippen LogP contribution >= 0.6 is 0 Å². The fourth-order valence-corrected chi connectivity index (χ4v) is 4.86. The Balaban J connectivity index is 0.000000281. The van der Waals surface area contributed by atoms with Crippen molar-refractivity contribution < 1.29 is 33.6 Å². The van der Waals surface area contributed by atoms with E-state index in [9.17, 15) is 9.59 Å². The van der Waals surface area contributed by atoms with Crippen molar-refractivity contribution >= 4 is 28.9 Å². The second-order valence-corrected chi connectivity index (χ2v) is 10.9. The molecule has 12 nitrogen and oxygen atoms in total. The topological polar surface area (TPSA) is 141 Å². The number of para-hydroxylation sites is 1. The monoisotopic (exact) mass is 695 g/mol. The number of hydrogen-bond donors (Lipinski definition) is 2. The molecule has 2 amide bonds. The maximum atomic E-state index is 12.2. The van der Waals surface area contributed by atoms with E-state index in [1.54, 1.807) is 14.1 Å². The Hall–Kier alpha value is -6.17. The third kappa shape index (κ3) is 11.2. The van der Waals surface area contributed by atoms with Crippen molar-refractivity contribution in [2.75, 3.05) is 35.4 Å². The molecule has 268 valence electrons. The van der Waals surface area contributed by atoms with Gasteiger partial charge in [0.15, 0.2) is 11.4 Å². The van der Waals surface area contributed by atoms with Crippen LogP contribution in [0, 0.1) is 13.8 Å². The van der Waals surface area contributed by atoms with Crippen LogP contribution in [0.15, 0.2) is 106 Å². The van der Waals surface area contributed by atoms with Crippen molar-refractivity contribution in [3.8, 4) is 11.5 Å². The van der Waals surface area contributed by atoms with Gasteiger partial charge >= 0.3 is 0 Å². The molecule has 4 aromatic carbocycles. The van der Waals surface area contributed by atoms with E-state index in [0.717, 1.165) is 45.0 Å². The summed E-state index contributed by atoms with van der Waals surface area (Å²) in [6, 6.07) is 28.5. The zero-order chi connectivity index (χ0) is 37.2. The van der Waals surface area contributed by atoms with Gasteiger partial charge in [0.1, 0.15) is 46.0 Å². The maximum absolute atomic E-state index is 12.2. The van der Waals surface area contributed by atoms with Crippen molar-refractivity contribution in [3.05, 3.63) is 130 Å². The quantitative estimate of drug-likeness (QED) is 0.127. The molecule has 0 fully saturated rings. The Morgan fingerprint density at radius 1 is 0.588 bits per heavy atom. The van der Waals surface area contributed by atoms with Gasteiger partial charge in [-0.3, -0.25) is 9.59 Å². The molecule has 0 heterocycles. The fraction of sp³-hybridized carbons (Fsp3) is 0.256. The molecule has 51 heavy (non-hydrogen) atoms. The molecule has 0 bridgehead atoms. The smallest absolute Gasteiger partial charge is 0.273 e. The molecule has 2 N–H and O–H groups in total. The molecule has 0 aliphatic heterocycles. The first kappa shape index (κ1) is 39.3. The molecule has 0 aliphatic carbocycles. The summed E-state index contributed by atoms with van der Waals surface area (Å²) in [7, 11) is 7.44.